The van der Waals surface area contributed by atoms with E-state index < -0.39 is 42.4 Å². The topological polar surface area (TPSA) is 122 Å². The van der Waals surface area contributed by atoms with Crippen LogP contribution in [0.2, 0.25) is 0 Å². The fourth-order valence-electron chi connectivity index (χ4n) is 4.46. The van der Waals surface area contributed by atoms with Gasteiger partial charge in [0.2, 0.25) is 0 Å². The summed E-state index contributed by atoms with van der Waals surface area (Å²) in [6, 6.07) is 4.54. The number of amides is 5. The number of nitrogens with zero attached hydrogens (tertiary/aromatic N) is 1. The lowest BCUT2D eigenvalue weighted by atomic mass is 9.78. The summed E-state index contributed by atoms with van der Waals surface area (Å²) in [6.45, 7) is 3.52. The number of rotatable bonds is 8. The van der Waals surface area contributed by atoms with Crippen molar-refractivity contribution >= 4 is 41.5 Å². The average molecular weight is 490 g/mol. The Morgan fingerprint density at radius 1 is 1.12 bits per heavy atom. The van der Waals surface area contributed by atoms with Gasteiger partial charge in [-0.2, -0.15) is 11.8 Å². The van der Waals surface area contributed by atoms with Crippen LogP contribution in [0.5, 0.6) is 0 Å². The van der Waals surface area contributed by atoms with Crippen LogP contribution < -0.4 is 10.6 Å². The number of carbonyl (C=O) groups is 5. The molecule has 1 aliphatic heterocycles. The van der Waals surface area contributed by atoms with Crippen LogP contribution in [0.15, 0.2) is 24.3 Å². The zero-order valence-corrected chi connectivity index (χ0v) is 20.5. The van der Waals surface area contributed by atoms with Crippen molar-refractivity contribution in [1.29, 1.82) is 0 Å². The van der Waals surface area contributed by atoms with Crippen LogP contribution in [0.4, 0.5) is 4.79 Å². The number of nitrogens with one attached hydrogen (secondary N) is 2. The molecule has 1 saturated carbocycles. The van der Waals surface area contributed by atoms with Crippen molar-refractivity contribution in [2.75, 3.05) is 18.6 Å². The minimum Gasteiger partial charge on any atom is -0.454 e. The number of benzene rings is 1. The monoisotopic (exact) mass is 489 g/mol. The smallest absolute Gasteiger partial charge is 0.329 e. The molecular weight excluding hydrogens is 458 g/mol. The van der Waals surface area contributed by atoms with Crippen molar-refractivity contribution in [3.05, 3.63) is 35.4 Å². The summed E-state index contributed by atoms with van der Waals surface area (Å²) in [5.41, 5.74) is 0.463. The van der Waals surface area contributed by atoms with Gasteiger partial charge in [-0.05, 0) is 48.8 Å². The molecule has 2 aliphatic rings. The van der Waals surface area contributed by atoms with Gasteiger partial charge < -0.3 is 10.1 Å². The summed E-state index contributed by atoms with van der Waals surface area (Å²) in [6.07, 6.45) is 4.99. The van der Waals surface area contributed by atoms with Gasteiger partial charge in [0.15, 0.2) is 6.61 Å². The normalized spacial score (nSPS) is 22.7. The second-order valence-corrected chi connectivity index (χ2v) is 9.81. The molecule has 1 aromatic rings. The maximum Gasteiger partial charge on any atom is 0.329 e. The number of fused-ring (bicyclic) bond motifs is 1. The fraction of sp³-hybridized carbons (Fsp3) is 0.542. The number of hydrogen-bond acceptors (Lipinski definition) is 7. The van der Waals surface area contributed by atoms with Crippen LogP contribution in [-0.2, 0) is 14.3 Å². The van der Waals surface area contributed by atoms with Crippen molar-refractivity contribution in [3.8, 4) is 0 Å². The molecule has 184 valence electrons. The fourth-order valence-corrected chi connectivity index (χ4v) is 4.92. The zero-order valence-electron chi connectivity index (χ0n) is 19.7. The van der Waals surface area contributed by atoms with Crippen molar-refractivity contribution < 1.29 is 28.7 Å². The quantitative estimate of drug-likeness (QED) is 0.425. The van der Waals surface area contributed by atoms with E-state index in [1.54, 1.807) is 12.1 Å². The van der Waals surface area contributed by atoms with Gasteiger partial charge in [-0.15, -0.1) is 0 Å². The van der Waals surface area contributed by atoms with E-state index in [0.29, 0.717) is 17.6 Å². The van der Waals surface area contributed by atoms with E-state index in [2.05, 4.69) is 24.5 Å². The van der Waals surface area contributed by atoms with E-state index >= 15 is 0 Å². The van der Waals surface area contributed by atoms with Crippen LogP contribution in [0.25, 0.3) is 0 Å². The van der Waals surface area contributed by atoms with E-state index in [4.69, 9.17) is 4.74 Å². The second kappa shape index (κ2) is 11.5. The lowest BCUT2D eigenvalue weighted by Gasteiger charge is -2.34. The highest BCUT2D eigenvalue weighted by Gasteiger charge is 2.43. The van der Waals surface area contributed by atoms with E-state index in [1.165, 1.54) is 23.9 Å². The molecule has 9 nitrogen and oxygen atoms in total. The van der Waals surface area contributed by atoms with Crippen molar-refractivity contribution in [1.82, 2.24) is 15.5 Å². The molecule has 34 heavy (non-hydrogen) atoms. The molecule has 0 radical (unpaired) electrons. The number of esters is 1. The predicted octanol–water partition coefficient (Wildman–Crippen LogP) is 2.60. The number of carbonyl (C=O) groups excluding carboxylic acids is 5. The first-order chi connectivity index (χ1) is 16.2. The third-order valence-corrected chi connectivity index (χ3v) is 7.27. The molecule has 10 heteroatoms. The predicted molar refractivity (Wildman–Crippen MR) is 127 cm³/mol. The summed E-state index contributed by atoms with van der Waals surface area (Å²) in [7, 11) is 0. The standard InChI is InChI=1S/C24H31N3O6S/c1-14-7-6-10-18(15(14)2)25-24(32)26-20(28)13-33-23(31)19(11-12-34-3)27-21(29)16-8-4-5-9-17(16)22(27)30/h4-5,8-9,14-15,18-19H,6-7,10-13H2,1-3H3,(H2,25,26,28,32)/t14-,15-,18+,19+/m0/s1. The second-order valence-electron chi connectivity index (χ2n) is 8.83. The molecule has 0 aromatic heterocycles. The number of thioether (sulfide) groups is 1. The maximum absolute atomic E-state index is 12.8. The van der Waals surface area contributed by atoms with Crippen LogP contribution in [0, 0.1) is 11.8 Å². The van der Waals surface area contributed by atoms with Crippen LogP contribution in [-0.4, -0.2) is 65.3 Å². The van der Waals surface area contributed by atoms with Crippen molar-refractivity contribution in [2.45, 2.75) is 51.6 Å². The molecule has 0 spiro atoms. The minimum atomic E-state index is -1.16. The highest BCUT2D eigenvalue weighted by atomic mass is 32.2. The molecule has 1 fully saturated rings. The maximum atomic E-state index is 12.8. The number of imide groups is 2. The Balaban J connectivity index is 1.56. The van der Waals surface area contributed by atoms with Gasteiger partial charge >= 0.3 is 12.0 Å². The van der Waals surface area contributed by atoms with Gasteiger partial charge in [-0.1, -0.05) is 38.8 Å². The molecule has 1 heterocycles. The molecule has 0 bridgehead atoms. The van der Waals surface area contributed by atoms with Crippen LogP contribution in [0.3, 0.4) is 0 Å². The molecule has 0 unspecified atom stereocenters. The first-order valence-corrected chi connectivity index (χ1v) is 12.9. The Hall–Kier alpha value is -2.88. The first kappa shape index (κ1) is 25.7. The largest absolute Gasteiger partial charge is 0.454 e. The van der Waals surface area contributed by atoms with E-state index in [0.717, 1.165) is 24.2 Å². The Kier molecular flexibility index (Phi) is 8.71. The molecule has 0 saturated heterocycles. The van der Waals surface area contributed by atoms with Crippen molar-refractivity contribution in [3.63, 3.8) is 0 Å². The van der Waals surface area contributed by atoms with E-state index in [9.17, 15) is 24.0 Å². The van der Waals surface area contributed by atoms with Gasteiger partial charge in [-0.3, -0.25) is 24.6 Å². The molecule has 5 amide bonds. The molecule has 4 atom stereocenters. The summed E-state index contributed by atoms with van der Waals surface area (Å²) in [4.78, 5) is 63.7. The summed E-state index contributed by atoms with van der Waals surface area (Å²) in [5, 5.41) is 5.01. The van der Waals surface area contributed by atoms with Gasteiger partial charge in [0.05, 0.1) is 11.1 Å². The molecule has 1 aromatic carbocycles. The molecule has 1 aliphatic carbocycles. The third-order valence-electron chi connectivity index (χ3n) is 6.63. The highest BCUT2D eigenvalue weighted by Crippen LogP contribution is 2.29. The summed E-state index contributed by atoms with van der Waals surface area (Å²) < 4.78 is 5.11. The number of ether oxygens (including phenoxy) is 1. The zero-order chi connectivity index (χ0) is 24.8. The van der Waals surface area contributed by atoms with Gasteiger partial charge in [0.25, 0.3) is 17.7 Å². The molecule has 2 N–H and O–H groups in total. The van der Waals surface area contributed by atoms with E-state index in [1.807, 2.05) is 6.26 Å². The van der Waals surface area contributed by atoms with Gasteiger partial charge in [-0.25, -0.2) is 9.59 Å². The average Bonchev–Trinajstić information content (AvgIpc) is 3.06. The van der Waals surface area contributed by atoms with Crippen LogP contribution >= 0.6 is 11.8 Å². The van der Waals surface area contributed by atoms with E-state index in [-0.39, 0.29) is 23.6 Å². The molecule has 3 rings (SSSR count). The number of hydrogen-bond donors (Lipinski definition) is 2. The summed E-state index contributed by atoms with van der Waals surface area (Å²) >= 11 is 1.45. The SMILES string of the molecule is CSCC[C@H](C(=O)OCC(=O)NC(=O)N[C@@H]1CCC[C@H](C)[C@@H]1C)N1C(=O)c2ccccc2C1=O. The highest BCUT2D eigenvalue weighted by molar-refractivity contribution is 7.98. The Labute approximate surface area is 203 Å². The van der Waals surface area contributed by atoms with Gasteiger partial charge in [0, 0.05) is 6.04 Å². The Morgan fingerprint density at radius 2 is 1.76 bits per heavy atom. The van der Waals surface area contributed by atoms with Crippen LogP contribution in [0.1, 0.15) is 60.2 Å². The molecular formula is C24H31N3O6S. The first-order valence-electron chi connectivity index (χ1n) is 11.5. The van der Waals surface area contributed by atoms with Gasteiger partial charge in [0.1, 0.15) is 6.04 Å². The Bertz CT molecular complexity index is 933. The third kappa shape index (κ3) is 5.78. The lowest BCUT2D eigenvalue weighted by molar-refractivity contribution is -0.152. The lowest BCUT2D eigenvalue weighted by Crippen LogP contribution is -2.50. The Morgan fingerprint density at radius 3 is 2.38 bits per heavy atom. The number of urea groups is 1. The van der Waals surface area contributed by atoms with Crippen molar-refractivity contribution in [2.24, 2.45) is 11.8 Å². The minimum absolute atomic E-state index is 0.0242. The summed E-state index contributed by atoms with van der Waals surface area (Å²) in [5.74, 6) is -1.51.